The number of benzene rings is 1. The van der Waals surface area contributed by atoms with Crippen molar-refractivity contribution >= 4 is 17.7 Å². The van der Waals surface area contributed by atoms with E-state index in [1.54, 1.807) is 12.1 Å². The minimum atomic E-state index is 0.114. The molecule has 2 bridgehead atoms. The van der Waals surface area contributed by atoms with E-state index < -0.39 is 0 Å². The van der Waals surface area contributed by atoms with Crippen molar-refractivity contribution in [3.8, 4) is 5.75 Å². The Bertz CT molecular complexity index is 502. The zero-order valence-corrected chi connectivity index (χ0v) is 13.2. The van der Waals surface area contributed by atoms with Gasteiger partial charge in [-0.25, -0.2) is 0 Å². The highest BCUT2D eigenvalue weighted by molar-refractivity contribution is 8.00. The molecule has 2 N–H and O–H groups in total. The van der Waals surface area contributed by atoms with Crippen LogP contribution in [0.2, 0.25) is 0 Å². The number of phenols is 1. The highest BCUT2D eigenvalue weighted by atomic mass is 32.2. The number of nitrogens with one attached hydrogen (secondary N) is 1. The van der Waals surface area contributed by atoms with E-state index in [0.29, 0.717) is 17.7 Å². The fourth-order valence-electron chi connectivity index (χ4n) is 4.00. The van der Waals surface area contributed by atoms with E-state index in [1.807, 2.05) is 12.1 Å². The van der Waals surface area contributed by atoms with Crippen molar-refractivity contribution in [1.82, 2.24) is 5.32 Å². The molecule has 0 aliphatic heterocycles. The van der Waals surface area contributed by atoms with Gasteiger partial charge in [-0.2, -0.15) is 0 Å². The molecular weight excluding hydrogens is 282 g/mol. The molecule has 3 rings (SSSR count). The van der Waals surface area contributed by atoms with E-state index in [9.17, 15) is 9.90 Å². The number of thioether (sulfide) groups is 1. The zero-order chi connectivity index (χ0) is 14.8. The Morgan fingerprint density at radius 3 is 2.71 bits per heavy atom. The molecule has 0 spiro atoms. The number of phenolic OH excluding ortho intramolecular Hbond substituents is 1. The highest BCUT2D eigenvalue weighted by Gasteiger charge is 2.42. The Labute approximate surface area is 130 Å². The first-order valence-electron chi connectivity index (χ1n) is 7.83. The Morgan fingerprint density at radius 1 is 1.33 bits per heavy atom. The standard InChI is InChI=1S/C17H23NO2S/c1-11(16-9-12-2-3-13(16)8-12)18-17(20)10-21-15-6-4-14(19)5-7-15/h4-7,11-13,16,19H,2-3,8-10H2,1H3,(H,18,20). The molecule has 2 aliphatic rings. The first-order valence-corrected chi connectivity index (χ1v) is 8.81. The second-order valence-electron chi connectivity index (χ2n) is 6.48. The summed E-state index contributed by atoms with van der Waals surface area (Å²) in [5.74, 6) is 3.26. The highest BCUT2D eigenvalue weighted by Crippen LogP contribution is 2.49. The Kier molecular flexibility index (Phi) is 4.43. The van der Waals surface area contributed by atoms with Crippen LogP contribution in [0.25, 0.3) is 0 Å². The van der Waals surface area contributed by atoms with Gasteiger partial charge in [0, 0.05) is 10.9 Å². The monoisotopic (exact) mass is 305 g/mol. The topological polar surface area (TPSA) is 49.3 Å². The molecule has 1 aromatic rings. The summed E-state index contributed by atoms with van der Waals surface area (Å²) in [6.45, 7) is 2.16. The van der Waals surface area contributed by atoms with Crippen molar-refractivity contribution in [3.05, 3.63) is 24.3 Å². The first-order chi connectivity index (χ1) is 10.1. The molecule has 0 radical (unpaired) electrons. The van der Waals surface area contributed by atoms with Crippen LogP contribution in [0, 0.1) is 17.8 Å². The van der Waals surface area contributed by atoms with E-state index >= 15 is 0 Å². The summed E-state index contributed by atoms with van der Waals surface area (Å²) in [6, 6.07) is 7.28. The molecule has 3 nitrogen and oxygen atoms in total. The molecule has 4 heteroatoms. The van der Waals surface area contributed by atoms with Crippen LogP contribution in [0.15, 0.2) is 29.2 Å². The SMILES string of the molecule is CC(NC(=O)CSc1ccc(O)cc1)C1CC2CCC1C2. The smallest absolute Gasteiger partial charge is 0.230 e. The van der Waals surface area contributed by atoms with Crippen molar-refractivity contribution < 1.29 is 9.90 Å². The molecule has 0 saturated heterocycles. The van der Waals surface area contributed by atoms with Crippen LogP contribution in [0.5, 0.6) is 5.75 Å². The van der Waals surface area contributed by atoms with Gasteiger partial charge in [-0.3, -0.25) is 4.79 Å². The lowest BCUT2D eigenvalue weighted by Gasteiger charge is -2.28. The predicted molar refractivity (Wildman–Crippen MR) is 85.4 cm³/mol. The van der Waals surface area contributed by atoms with Crippen molar-refractivity contribution in [2.24, 2.45) is 17.8 Å². The predicted octanol–water partition coefficient (Wildman–Crippen LogP) is 3.43. The maximum Gasteiger partial charge on any atom is 0.230 e. The summed E-state index contributed by atoms with van der Waals surface area (Å²) < 4.78 is 0. The van der Waals surface area contributed by atoms with Crippen molar-refractivity contribution in [3.63, 3.8) is 0 Å². The molecule has 114 valence electrons. The van der Waals surface area contributed by atoms with Crippen LogP contribution in [-0.4, -0.2) is 22.8 Å². The molecule has 2 saturated carbocycles. The molecule has 0 heterocycles. The third-order valence-corrected chi connectivity index (χ3v) is 6.04. The minimum Gasteiger partial charge on any atom is -0.508 e. The molecule has 4 unspecified atom stereocenters. The van der Waals surface area contributed by atoms with E-state index in [4.69, 9.17) is 0 Å². The van der Waals surface area contributed by atoms with Crippen LogP contribution < -0.4 is 5.32 Å². The lowest BCUT2D eigenvalue weighted by molar-refractivity contribution is -0.119. The van der Waals surface area contributed by atoms with Gasteiger partial charge in [-0.1, -0.05) is 6.42 Å². The molecule has 21 heavy (non-hydrogen) atoms. The van der Waals surface area contributed by atoms with Crippen LogP contribution in [0.3, 0.4) is 0 Å². The van der Waals surface area contributed by atoms with Gasteiger partial charge in [-0.05, 0) is 68.2 Å². The van der Waals surface area contributed by atoms with E-state index in [-0.39, 0.29) is 11.7 Å². The van der Waals surface area contributed by atoms with Gasteiger partial charge in [0.25, 0.3) is 0 Å². The number of fused-ring (bicyclic) bond motifs is 2. The van der Waals surface area contributed by atoms with Crippen LogP contribution >= 0.6 is 11.8 Å². The summed E-state index contributed by atoms with van der Waals surface area (Å²) in [5.41, 5.74) is 0. The fourth-order valence-corrected chi connectivity index (χ4v) is 4.71. The van der Waals surface area contributed by atoms with Crippen molar-refractivity contribution in [1.29, 1.82) is 0 Å². The van der Waals surface area contributed by atoms with Gasteiger partial charge in [0.15, 0.2) is 0 Å². The summed E-state index contributed by atoms with van der Waals surface area (Å²) in [4.78, 5) is 13.1. The van der Waals surface area contributed by atoms with Gasteiger partial charge in [0.2, 0.25) is 5.91 Å². The molecule has 2 fully saturated rings. The quantitative estimate of drug-likeness (QED) is 0.820. The number of carbonyl (C=O) groups excluding carboxylic acids is 1. The lowest BCUT2D eigenvalue weighted by atomic mass is 9.84. The first kappa shape index (κ1) is 14.8. The molecule has 1 aromatic carbocycles. The molecule has 4 atom stereocenters. The average Bonchev–Trinajstić information content (AvgIpc) is 3.09. The maximum atomic E-state index is 12.1. The molecule has 0 aromatic heterocycles. The molecule has 1 amide bonds. The number of hydrogen-bond donors (Lipinski definition) is 2. The summed E-state index contributed by atoms with van der Waals surface area (Å²) in [5, 5.41) is 12.4. The third kappa shape index (κ3) is 3.54. The number of rotatable bonds is 5. The Hall–Kier alpha value is -1.16. The van der Waals surface area contributed by atoms with Crippen molar-refractivity contribution in [2.45, 2.75) is 43.5 Å². The van der Waals surface area contributed by atoms with Gasteiger partial charge in [0.05, 0.1) is 5.75 Å². The zero-order valence-electron chi connectivity index (χ0n) is 12.4. The second-order valence-corrected chi connectivity index (χ2v) is 7.53. The van der Waals surface area contributed by atoms with E-state index in [1.165, 1.54) is 37.4 Å². The minimum absolute atomic E-state index is 0.114. The Balaban J connectivity index is 1.44. The number of aromatic hydroxyl groups is 1. The van der Waals surface area contributed by atoms with Crippen LogP contribution in [0.1, 0.15) is 32.6 Å². The molecule has 2 aliphatic carbocycles. The Morgan fingerprint density at radius 2 is 2.10 bits per heavy atom. The third-order valence-electron chi connectivity index (χ3n) is 5.03. The number of amides is 1. The van der Waals surface area contributed by atoms with Gasteiger partial charge in [0.1, 0.15) is 5.75 Å². The van der Waals surface area contributed by atoms with Crippen LogP contribution in [0.4, 0.5) is 0 Å². The van der Waals surface area contributed by atoms with E-state index in [2.05, 4.69) is 12.2 Å². The maximum absolute atomic E-state index is 12.1. The summed E-state index contributed by atoms with van der Waals surface area (Å²) >= 11 is 1.51. The fraction of sp³-hybridized carbons (Fsp3) is 0.588. The second kappa shape index (κ2) is 6.30. The normalized spacial score (nSPS) is 28.5. The number of hydrogen-bond acceptors (Lipinski definition) is 3. The summed E-state index contributed by atoms with van der Waals surface area (Å²) in [6.07, 6.45) is 5.45. The van der Waals surface area contributed by atoms with Gasteiger partial charge in [-0.15, -0.1) is 11.8 Å². The molecular formula is C17H23NO2S. The summed E-state index contributed by atoms with van der Waals surface area (Å²) in [7, 11) is 0. The van der Waals surface area contributed by atoms with Crippen molar-refractivity contribution in [2.75, 3.05) is 5.75 Å². The van der Waals surface area contributed by atoms with Crippen LogP contribution in [-0.2, 0) is 4.79 Å². The average molecular weight is 305 g/mol. The largest absolute Gasteiger partial charge is 0.508 e. The lowest BCUT2D eigenvalue weighted by Crippen LogP contribution is -2.40. The van der Waals surface area contributed by atoms with E-state index in [0.717, 1.165) is 16.7 Å². The van der Waals surface area contributed by atoms with Gasteiger partial charge >= 0.3 is 0 Å². The number of carbonyl (C=O) groups is 1. The van der Waals surface area contributed by atoms with Gasteiger partial charge < -0.3 is 10.4 Å².